The summed E-state index contributed by atoms with van der Waals surface area (Å²) >= 11 is 0. The molecule has 3 amide bonds. The Hall–Kier alpha value is -2.05. The Morgan fingerprint density at radius 2 is 2.06 bits per heavy atom. The lowest BCUT2D eigenvalue weighted by atomic mass is 9.93. The molecule has 17 heavy (non-hydrogen) atoms. The van der Waals surface area contributed by atoms with Gasteiger partial charge in [0.1, 0.15) is 11.7 Å². The number of amidine groups is 2. The van der Waals surface area contributed by atoms with E-state index in [1.165, 1.54) is 11.9 Å². The van der Waals surface area contributed by atoms with Gasteiger partial charge in [-0.3, -0.25) is 24.8 Å². The van der Waals surface area contributed by atoms with Gasteiger partial charge in [0.15, 0.2) is 11.7 Å². The lowest BCUT2D eigenvalue weighted by molar-refractivity contribution is -0.137. The number of carbonyl (C=O) groups excluding carboxylic acids is 3. The Balaban J connectivity index is 2.50. The van der Waals surface area contributed by atoms with Crippen LogP contribution in [0.25, 0.3) is 0 Å². The van der Waals surface area contributed by atoms with Crippen molar-refractivity contribution in [1.29, 1.82) is 5.41 Å². The van der Waals surface area contributed by atoms with Gasteiger partial charge in [-0.15, -0.1) is 0 Å². The van der Waals surface area contributed by atoms with E-state index in [1.807, 2.05) is 0 Å². The lowest BCUT2D eigenvalue weighted by Gasteiger charge is -2.37. The zero-order valence-electron chi connectivity index (χ0n) is 9.56. The van der Waals surface area contributed by atoms with Gasteiger partial charge in [-0.25, -0.2) is 9.79 Å². The van der Waals surface area contributed by atoms with Crippen LogP contribution in [0.15, 0.2) is 4.99 Å². The summed E-state index contributed by atoms with van der Waals surface area (Å²) in [5, 5.41) is 7.39. The maximum Gasteiger partial charge on any atom is 0.331 e. The summed E-state index contributed by atoms with van der Waals surface area (Å²) in [4.78, 5) is 41.6. The number of imide groups is 1. The molecule has 2 rings (SSSR count). The minimum Gasteiger partial charge on any atom is -0.298 e. The molecule has 1 N–H and O–H groups in total. The first-order chi connectivity index (χ1) is 7.97. The van der Waals surface area contributed by atoms with Crippen LogP contribution in [0, 0.1) is 11.3 Å². The van der Waals surface area contributed by atoms with E-state index >= 15 is 0 Å². The van der Waals surface area contributed by atoms with Crippen molar-refractivity contribution in [1.82, 2.24) is 9.80 Å². The second-order valence-electron chi connectivity index (χ2n) is 3.92. The monoisotopic (exact) mass is 236 g/mol. The molecular weight excluding hydrogens is 224 g/mol. The summed E-state index contributed by atoms with van der Waals surface area (Å²) < 4.78 is 0. The predicted molar refractivity (Wildman–Crippen MR) is 58.8 cm³/mol. The van der Waals surface area contributed by atoms with Crippen LogP contribution < -0.4 is 0 Å². The van der Waals surface area contributed by atoms with Gasteiger partial charge in [-0.05, 0) is 6.92 Å². The number of fused-ring (bicyclic) bond motifs is 1. The van der Waals surface area contributed by atoms with Crippen molar-refractivity contribution in [3.63, 3.8) is 0 Å². The fourth-order valence-corrected chi connectivity index (χ4v) is 1.99. The molecule has 2 heterocycles. The van der Waals surface area contributed by atoms with E-state index in [2.05, 4.69) is 4.99 Å². The number of Topliss-reactive ketones (excluding diaryl/α,β-unsaturated/α-hetero) is 1. The van der Waals surface area contributed by atoms with E-state index in [4.69, 9.17) is 5.41 Å². The van der Waals surface area contributed by atoms with E-state index < -0.39 is 17.9 Å². The molecule has 1 saturated heterocycles. The Labute approximate surface area is 97.6 Å². The van der Waals surface area contributed by atoms with E-state index in [0.717, 1.165) is 4.90 Å². The minimum atomic E-state index is -1.02. The molecule has 0 saturated carbocycles. The first-order valence-corrected chi connectivity index (χ1v) is 5.25. The van der Waals surface area contributed by atoms with Crippen LogP contribution in [0.1, 0.15) is 13.3 Å². The molecule has 7 nitrogen and oxygen atoms in total. The third-order valence-electron chi connectivity index (χ3n) is 2.86. The highest BCUT2D eigenvalue weighted by Gasteiger charge is 2.47. The van der Waals surface area contributed by atoms with Gasteiger partial charge in [0, 0.05) is 13.6 Å². The van der Waals surface area contributed by atoms with Crippen molar-refractivity contribution in [2.75, 3.05) is 13.6 Å². The highest BCUT2D eigenvalue weighted by atomic mass is 16.2. The molecule has 0 aromatic carbocycles. The molecule has 0 radical (unpaired) electrons. The van der Waals surface area contributed by atoms with E-state index in [-0.39, 0.29) is 30.4 Å². The van der Waals surface area contributed by atoms with Crippen LogP contribution in [0.3, 0.4) is 0 Å². The zero-order chi connectivity index (χ0) is 12.7. The number of aliphatic imine (C=N–C) groups is 1. The van der Waals surface area contributed by atoms with Gasteiger partial charge in [-0.2, -0.15) is 0 Å². The lowest BCUT2D eigenvalue weighted by Crippen LogP contribution is -2.61. The van der Waals surface area contributed by atoms with Crippen LogP contribution in [-0.4, -0.2) is 52.8 Å². The topological polar surface area (TPSA) is 93.9 Å². The number of rotatable bonds is 1. The molecule has 1 unspecified atom stereocenters. The average molecular weight is 236 g/mol. The number of hydrogen-bond acceptors (Lipinski definition) is 4. The van der Waals surface area contributed by atoms with Crippen LogP contribution in [0.2, 0.25) is 0 Å². The summed E-state index contributed by atoms with van der Waals surface area (Å²) in [7, 11) is 1.45. The van der Waals surface area contributed by atoms with Crippen molar-refractivity contribution < 1.29 is 14.4 Å². The molecule has 0 aliphatic carbocycles. The van der Waals surface area contributed by atoms with Crippen molar-refractivity contribution in [2.45, 2.75) is 13.3 Å². The SMILES string of the molecule is CCN1C(=O)C2C(=O)CC(=N)N=C2N(C)C1=O. The molecule has 1 atom stereocenters. The number of nitrogens with zero attached hydrogens (tertiary/aromatic N) is 3. The molecule has 90 valence electrons. The Bertz CT molecular complexity index is 468. The first kappa shape index (κ1) is 11.4. The van der Waals surface area contributed by atoms with Crippen molar-refractivity contribution in [3.05, 3.63) is 0 Å². The molecule has 0 aromatic rings. The highest BCUT2D eigenvalue weighted by molar-refractivity contribution is 6.33. The molecule has 0 spiro atoms. The third-order valence-corrected chi connectivity index (χ3v) is 2.86. The normalized spacial score (nSPS) is 25.1. The standard InChI is InChI=1S/C10H12N4O3/c1-3-14-9(16)7-5(15)4-6(11)12-8(7)13(2)10(14)17/h7,11H,3-4H2,1-2H3. The smallest absolute Gasteiger partial charge is 0.298 e. The number of hydrogen-bond donors (Lipinski definition) is 1. The number of amides is 3. The van der Waals surface area contributed by atoms with Crippen molar-refractivity contribution >= 4 is 29.4 Å². The van der Waals surface area contributed by atoms with Crippen LogP contribution >= 0.6 is 0 Å². The van der Waals surface area contributed by atoms with Gasteiger partial charge in [-0.1, -0.05) is 0 Å². The largest absolute Gasteiger partial charge is 0.331 e. The second-order valence-corrected chi connectivity index (χ2v) is 3.92. The highest BCUT2D eigenvalue weighted by Crippen LogP contribution is 2.23. The number of nitrogens with one attached hydrogen (secondary N) is 1. The fourth-order valence-electron chi connectivity index (χ4n) is 1.99. The summed E-state index contributed by atoms with van der Waals surface area (Å²) in [5.74, 6) is -1.97. The Kier molecular flexibility index (Phi) is 2.53. The van der Waals surface area contributed by atoms with E-state index in [1.54, 1.807) is 6.92 Å². The number of urea groups is 1. The number of carbonyl (C=O) groups is 3. The third kappa shape index (κ3) is 1.54. The molecule has 2 aliphatic rings. The van der Waals surface area contributed by atoms with Crippen LogP contribution in [-0.2, 0) is 9.59 Å². The molecule has 7 heteroatoms. The molecule has 0 aromatic heterocycles. The fraction of sp³-hybridized carbons (Fsp3) is 0.500. The maximum atomic E-state index is 12.0. The summed E-state index contributed by atoms with van der Waals surface area (Å²) in [6.07, 6.45) is -0.153. The predicted octanol–water partition coefficient (Wildman–Crippen LogP) is -0.135. The average Bonchev–Trinajstić information content (AvgIpc) is 2.25. The summed E-state index contributed by atoms with van der Waals surface area (Å²) in [6, 6.07) is -0.505. The second kappa shape index (κ2) is 3.76. The maximum absolute atomic E-state index is 12.0. The minimum absolute atomic E-state index is 0.0750. The van der Waals surface area contributed by atoms with Crippen molar-refractivity contribution in [3.8, 4) is 0 Å². The molecule has 1 fully saturated rings. The van der Waals surface area contributed by atoms with Crippen molar-refractivity contribution in [2.24, 2.45) is 10.9 Å². The van der Waals surface area contributed by atoms with E-state index in [0.29, 0.717) is 0 Å². The summed E-state index contributed by atoms with van der Waals surface area (Å²) in [5.41, 5.74) is 0. The van der Waals surface area contributed by atoms with Gasteiger partial charge >= 0.3 is 6.03 Å². The van der Waals surface area contributed by atoms with Gasteiger partial charge in [0.25, 0.3) is 0 Å². The first-order valence-electron chi connectivity index (χ1n) is 5.25. The van der Waals surface area contributed by atoms with Gasteiger partial charge in [0.2, 0.25) is 5.91 Å². The molecule has 2 aliphatic heterocycles. The quantitative estimate of drug-likeness (QED) is 0.642. The number of ketones is 1. The van der Waals surface area contributed by atoms with Gasteiger partial charge < -0.3 is 0 Å². The molecular formula is C10H12N4O3. The molecule has 0 bridgehead atoms. The van der Waals surface area contributed by atoms with Crippen LogP contribution in [0.4, 0.5) is 4.79 Å². The Morgan fingerprint density at radius 3 is 2.65 bits per heavy atom. The zero-order valence-corrected chi connectivity index (χ0v) is 9.56. The van der Waals surface area contributed by atoms with Gasteiger partial charge in [0.05, 0.1) is 6.42 Å². The van der Waals surface area contributed by atoms with E-state index in [9.17, 15) is 14.4 Å². The Morgan fingerprint density at radius 1 is 1.41 bits per heavy atom. The summed E-state index contributed by atoms with van der Waals surface area (Å²) in [6.45, 7) is 1.89. The van der Waals surface area contributed by atoms with Crippen LogP contribution in [0.5, 0.6) is 0 Å².